The van der Waals surface area contributed by atoms with Crippen LogP contribution >= 0.6 is 0 Å². The summed E-state index contributed by atoms with van der Waals surface area (Å²) in [6, 6.07) is 11.1. The third-order valence-corrected chi connectivity index (χ3v) is 2.80. The van der Waals surface area contributed by atoms with Crippen LogP contribution in [0.25, 0.3) is 0 Å². The first-order valence-corrected chi connectivity index (χ1v) is 5.80. The second-order valence-electron chi connectivity index (χ2n) is 4.19. The SMILES string of the molecule is CC(NCC(F)(F)c1ccccc1)c1ccco1. The van der Waals surface area contributed by atoms with Crippen LogP contribution in [0.15, 0.2) is 53.1 Å². The maximum atomic E-state index is 13.9. The van der Waals surface area contributed by atoms with Gasteiger partial charge in [-0.2, -0.15) is 8.78 Å². The van der Waals surface area contributed by atoms with Crippen LogP contribution in [0.3, 0.4) is 0 Å². The van der Waals surface area contributed by atoms with Crippen molar-refractivity contribution in [2.24, 2.45) is 0 Å². The standard InChI is InChI=1S/C14H15F2NO/c1-11(13-8-5-9-18-13)17-10-14(15,16)12-6-3-2-4-7-12/h2-9,11,17H,10H2,1H3. The monoisotopic (exact) mass is 251 g/mol. The van der Waals surface area contributed by atoms with Crippen LogP contribution in [0.5, 0.6) is 0 Å². The molecule has 1 heterocycles. The van der Waals surface area contributed by atoms with Gasteiger partial charge < -0.3 is 9.73 Å². The fraction of sp³-hybridized carbons (Fsp3) is 0.286. The lowest BCUT2D eigenvalue weighted by Crippen LogP contribution is -2.32. The summed E-state index contributed by atoms with van der Waals surface area (Å²) in [6.07, 6.45) is 1.53. The molecule has 0 radical (unpaired) electrons. The lowest BCUT2D eigenvalue weighted by atomic mass is 10.1. The van der Waals surface area contributed by atoms with E-state index < -0.39 is 12.5 Å². The molecule has 0 aliphatic carbocycles. The van der Waals surface area contributed by atoms with Gasteiger partial charge in [0, 0.05) is 5.56 Å². The van der Waals surface area contributed by atoms with Gasteiger partial charge in [0.2, 0.25) is 0 Å². The minimum absolute atomic E-state index is 0.0177. The minimum atomic E-state index is -2.89. The van der Waals surface area contributed by atoms with E-state index in [-0.39, 0.29) is 11.6 Å². The molecule has 1 unspecified atom stereocenters. The average Bonchev–Trinajstić information content (AvgIpc) is 2.91. The van der Waals surface area contributed by atoms with Crippen LogP contribution in [-0.2, 0) is 5.92 Å². The van der Waals surface area contributed by atoms with Gasteiger partial charge in [0.1, 0.15) is 5.76 Å². The van der Waals surface area contributed by atoms with E-state index in [1.165, 1.54) is 18.4 Å². The maximum Gasteiger partial charge on any atom is 0.285 e. The Labute approximate surface area is 105 Å². The van der Waals surface area contributed by atoms with E-state index in [2.05, 4.69) is 5.32 Å². The molecule has 1 N–H and O–H groups in total. The van der Waals surface area contributed by atoms with Crippen molar-refractivity contribution >= 4 is 0 Å². The summed E-state index contributed by atoms with van der Waals surface area (Å²) >= 11 is 0. The third-order valence-electron chi connectivity index (χ3n) is 2.80. The van der Waals surface area contributed by atoms with Gasteiger partial charge in [-0.3, -0.25) is 0 Å². The highest BCUT2D eigenvalue weighted by atomic mass is 19.3. The number of halogens is 2. The second-order valence-corrected chi connectivity index (χ2v) is 4.19. The molecule has 0 saturated heterocycles. The van der Waals surface area contributed by atoms with Crippen molar-refractivity contribution in [3.8, 4) is 0 Å². The molecule has 0 fully saturated rings. The molecule has 0 aliphatic heterocycles. The number of nitrogens with one attached hydrogen (secondary N) is 1. The molecule has 2 nitrogen and oxygen atoms in total. The minimum Gasteiger partial charge on any atom is -0.468 e. The number of rotatable bonds is 5. The van der Waals surface area contributed by atoms with Crippen molar-refractivity contribution in [2.75, 3.05) is 6.54 Å². The van der Waals surface area contributed by atoms with E-state index in [4.69, 9.17) is 4.42 Å². The fourth-order valence-electron chi connectivity index (χ4n) is 1.70. The van der Waals surface area contributed by atoms with Gasteiger partial charge in [0.15, 0.2) is 0 Å². The molecule has 4 heteroatoms. The molecule has 96 valence electrons. The molecule has 0 amide bonds. The Morgan fingerprint density at radius 2 is 1.89 bits per heavy atom. The van der Waals surface area contributed by atoms with E-state index in [1.54, 1.807) is 37.3 Å². The van der Waals surface area contributed by atoms with Crippen LogP contribution in [0.2, 0.25) is 0 Å². The molecule has 0 saturated carbocycles. The first-order valence-electron chi connectivity index (χ1n) is 5.80. The predicted molar refractivity (Wildman–Crippen MR) is 65.5 cm³/mol. The van der Waals surface area contributed by atoms with Crippen molar-refractivity contribution in [1.29, 1.82) is 0 Å². The zero-order chi connectivity index (χ0) is 13.0. The number of benzene rings is 1. The first-order chi connectivity index (χ1) is 8.59. The molecular formula is C14H15F2NO. The van der Waals surface area contributed by atoms with Gasteiger partial charge in [-0.1, -0.05) is 30.3 Å². The van der Waals surface area contributed by atoms with Crippen LogP contribution in [0.4, 0.5) is 8.78 Å². The highest BCUT2D eigenvalue weighted by molar-refractivity contribution is 5.20. The van der Waals surface area contributed by atoms with Crippen molar-refractivity contribution in [3.63, 3.8) is 0 Å². The number of furan rings is 1. The lowest BCUT2D eigenvalue weighted by Gasteiger charge is -2.19. The number of hydrogen-bond acceptors (Lipinski definition) is 2. The molecule has 1 aromatic carbocycles. The molecule has 0 bridgehead atoms. The Balaban J connectivity index is 1.97. The molecular weight excluding hydrogens is 236 g/mol. The molecule has 1 aromatic heterocycles. The number of alkyl halides is 2. The lowest BCUT2D eigenvalue weighted by molar-refractivity contribution is -0.00583. The summed E-state index contributed by atoms with van der Waals surface area (Å²) in [5.74, 6) is -2.24. The van der Waals surface area contributed by atoms with Crippen molar-refractivity contribution in [2.45, 2.75) is 18.9 Å². The summed E-state index contributed by atoms with van der Waals surface area (Å²) < 4.78 is 32.9. The van der Waals surface area contributed by atoms with Crippen LogP contribution in [-0.4, -0.2) is 6.54 Å². The smallest absolute Gasteiger partial charge is 0.285 e. The zero-order valence-corrected chi connectivity index (χ0v) is 10.1. The summed E-state index contributed by atoms with van der Waals surface area (Å²) in [7, 11) is 0. The average molecular weight is 251 g/mol. The van der Waals surface area contributed by atoms with E-state index >= 15 is 0 Å². The summed E-state index contributed by atoms with van der Waals surface area (Å²) in [5, 5.41) is 2.78. The third kappa shape index (κ3) is 2.96. The van der Waals surface area contributed by atoms with Gasteiger partial charge in [0.05, 0.1) is 18.8 Å². The zero-order valence-electron chi connectivity index (χ0n) is 10.1. The molecule has 1 atom stereocenters. The van der Waals surface area contributed by atoms with Crippen molar-refractivity contribution < 1.29 is 13.2 Å². The Morgan fingerprint density at radius 3 is 2.50 bits per heavy atom. The summed E-state index contributed by atoms with van der Waals surface area (Å²) in [4.78, 5) is 0. The first kappa shape index (κ1) is 12.8. The highest BCUT2D eigenvalue weighted by Crippen LogP contribution is 2.27. The molecule has 2 aromatic rings. The maximum absolute atomic E-state index is 13.9. The molecule has 18 heavy (non-hydrogen) atoms. The summed E-state index contributed by atoms with van der Waals surface area (Å²) in [5.41, 5.74) is 0.0177. The van der Waals surface area contributed by atoms with Gasteiger partial charge in [-0.15, -0.1) is 0 Å². The quantitative estimate of drug-likeness (QED) is 0.876. The Morgan fingerprint density at radius 1 is 1.17 bits per heavy atom. The largest absolute Gasteiger partial charge is 0.468 e. The van der Waals surface area contributed by atoms with Gasteiger partial charge in [-0.05, 0) is 19.1 Å². The van der Waals surface area contributed by atoms with Gasteiger partial charge in [0.25, 0.3) is 5.92 Å². The van der Waals surface area contributed by atoms with Gasteiger partial charge >= 0.3 is 0 Å². The second kappa shape index (κ2) is 5.31. The van der Waals surface area contributed by atoms with E-state index in [0.29, 0.717) is 5.76 Å². The molecule has 0 spiro atoms. The molecule has 2 rings (SSSR count). The summed E-state index contributed by atoms with van der Waals surface area (Å²) in [6.45, 7) is 1.37. The van der Waals surface area contributed by atoms with Crippen LogP contribution in [0, 0.1) is 0 Å². The van der Waals surface area contributed by atoms with Crippen LogP contribution in [0.1, 0.15) is 24.3 Å². The highest BCUT2D eigenvalue weighted by Gasteiger charge is 2.31. The molecule has 0 aliphatic rings. The van der Waals surface area contributed by atoms with E-state index in [0.717, 1.165) is 0 Å². The number of hydrogen-bond donors (Lipinski definition) is 1. The Kier molecular flexibility index (Phi) is 3.77. The fourth-order valence-corrected chi connectivity index (χ4v) is 1.70. The van der Waals surface area contributed by atoms with E-state index in [1.807, 2.05) is 0 Å². The van der Waals surface area contributed by atoms with Gasteiger partial charge in [-0.25, -0.2) is 0 Å². The Hall–Kier alpha value is -1.68. The topological polar surface area (TPSA) is 25.2 Å². The van der Waals surface area contributed by atoms with Crippen LogP contribution < -0.4 is 5.32 Å². The Bertz CT molecular complexity index is 468. The predicted octanol–water partition coefficient (Wildman–Crippen LogP) is 3.72. The van der Waals surface area contributed by atoms with Crippen molar-refractivity contribution in [3.05, 3.63) is 60.1 Å². The van der Waals surface area contributed by atoms with E-state index in [9.17, 15) is 8.78 Å². The normalized spacial score (nSPS) is 13.5. The van der Waals surface area contributed by atoms with Crippen molar-refractivity contribution in [1.82, 2.24) is 5.32 Å².